The minimum absolute atomic E-state index is 0.0765. The molecule has 0 aliphatic carbocycles. The molecule has 6 nitrogen and oxygen atoms in total. The quantitative estimate of drug-likeness (QED) is 0.461. The van der Waals surface area contributed by atoms with Gasteiger partial charge >= 0.3 is 0 Å². The van der Waals surface area contributed by atoms with Gasteiger partial charge < -0.3 is 10.4 Å². The summed E-state index contributed by atoms with van der Waals surface area (Å²) < 4.78 is 28.9. The van der Waals surface area contributed by atoms with Gasteiger partial charge in [0, 0.05) is 28.2 Å². The van der Waals surface area contributed by atoms with E-state index in [2.05, 4.69) is 5.32 Å². The molecule has 0 spiro atoms. The average molecular weight is 521 g/mol. The maximum Gasteiger partial charge on any atom is 0.265 e. The Morgan fingerprint density at radius 1 is 0.971 bits per heavy atom. The van der Waals surface area contributed by atoms with Crippen LogP contribution in [0.5, 0.6) is 0 Å². The minimum Gasteiger partial charge on any atom is -0.384 e. The summed E-state index contributed by atoms with van der Waals surface area (Å²) in [7, 11) is -2.78. The molecule has 0 aliphatic rings. The van der Waals surface area contributed by atoms with Gasteiger partial charge in [-0.05, 0) is 67.8 Å². The van der Waals surface area contributed by atoms with Crippen molar-refractivity contribution in [3.05, 3.63) is 92.5 Å². The highest BCUT2D eigenvalue weighted by molar-refractivity contribution is 7.93. The molecule has 0 aromatic heterocycles. The van der Waals surface area contributed by atoms with Crippen LogP contribution in [0.4, 0.5) is 5.69 Å². The SMILES string of the molecule is CNC(=O)CN(c1ccc(Cl)cc1C(O)c1ccccc1Cl)S(=O)(=O)c1cc(C)c(C)cc1C. The Balaban J connectivity index is 2.26. The third kappa shape index (κ3) is 5.23. The molecule has 0 bridgehead atoms. The number of amides is 1. The summed E-state index contributed by atoms with van der Waals surface area (Å²) >= 11 is 12.5. The van der Waals surface area contributed by atoms with Crippen molar-refractivity contribution in [2.24, 2.45) is 0 Å². The normalized spacial score (nSPS) is 12.3. The molecule has 0 radical (unpaired) electrons. The summed E-state index contributed by atoms with van der Waals surface area (Å²) in [5.41, 5.74) is 3.01. The number of nitrogens with zero attached hydrogens (tertiary/aromatic N) is 1. The van der Waals surface area contributed by atoms with E-state index in [-0.39, 0.29) is 16.1 Å². The number of aliphatic hydroxyl groups is 1. The summed E-state index contributed by atoms with van der Waals surface area (Å²) in [5, 5.41) is 14.3. The molecule has 34 heavy (non-hydrogen) atoms. The molecule has 3 aromatic carbocycles. The van der Waals surface area contributed by atoms with Crippen molar-refractivity contribution in [3.8, 4) is 0 Å². The first kappa shape index (κ1) is 26.0. The predicted octanol–water partition coefficient (Wildman–Crippen LogP) is 4.94. The number of aliphatic hydroxyl groups excluding tert-OH is 1. The number of sulfonamides is 1. The van der Waals surface area contributed by atoms with E-state index in [1.165, 1.54) is 25.2 Å². The van der Waals surface area contributed by atoms with Crippen molar-refractivity contribution in [1.82, 2.24) is 5.32 Å². The van der Waals surface area contributed by atoms with Crippen molar-refractivity contribution >= 4 is 44.8 Å². The fourth-order valence-electron chi connectivity index (χ4n) is 3.68. The fourth-order valence-corrected chi connectivity index (χ4v) is 5.84. The van der Waals surface area contributed by atoms with Gasteiger partial charge in [-0.15, -0.1) is 0 Å². The highest BCUT2D eigenvalue weighted by Gasteiger charge is 2.32. The lowest BCUT2D eigenvalue weighted by atomic mass is 9.99. The molecule has 1 amide bonds. The van der Waals surface area contributed by atoms with Crippen LogP contribution in [-0.4, -0.2) is 33.0 Å². The zero-order valence-electron chi connectivity index (χ0n) is 19.3. The number of likely N-dealkylation sites (N-methyl/N-ethyl adjacent to an activating group) is 1. The molecule has 0 fully saturated rings. The van der Waals surface area contributed by atoms with Crippen molar-refractivity contribution < 1.29 is 18.3 Å². The molecule has 9 heteroatoms. The number of rotatable bonds is 7. The van der Waals surface area contributed by atoms with Gasteiger partial charge in [-0.1, -0.05) is 47.5 Å². The molecule has 3 aromatic rings. The highest BCUT2D eigenvalue weighted by atomic mass is 35.5. The van der Waals surface area contributed by atoms with E-state index in [4.69, 9.17) is 23.2 Å². The first-order valence-electron chi connectivity index (χ1n) is 10.5. The van der Waals surface area contributed by atoms with Gasteiger partial charge in [0.1, 0.15) is 12.6 Å². The highest BCUT2D eigenvalue weighted by Crippen LogP contribution is 2.38. The van der Waals surface area contributed by atoms with Crippen LogP contribution in [0.25, 0.3) is 0 Å². The van der Waals surface area contributed by atoms with Crippen molar-refractivity contribution in [1.29, 1.82) is 0 Å². The number of nitrogens with one attached hydrogen (secondary N) is 1. The van der Waals surface area contributed by atoms with Crippen molar-refractivity contribution in [2.75, 3.05) is 17.9 Å². The van der Waals surface area contributed by atoms with Crippen LogP contribution in [0.3, 0.4) is 0 Å². The molecule has 1 unspecified atom stereocenters. The molecular weight excluding hydrogens is 495 g/mol. The Morgan fingerprint density at radius 2 is 1.62 bits per heavy atom. The first-order chi connectivity index (χ1) is 16.0. The van der Waals surface area contributed by atoms with E-state index in [0.717, 1.165) is 15.4 Å². The Kier molecular flexibility index (Phi) is 7.93. The van der Waals surface area contributed by atoms with Gasteiger partial charge in [0.05, 0.1) is 10.6 Å². The standard InChI is InChI=1S/C25H26Cl2N2O4S/c1-15-11-17(3)23(12-16(15)2)34(32,33)29(14-24(30)28-4)22-10-9-18(26)13-20(22)25(31)19-7-5-6-8-21(19)27/h5-13,25,31H,14H2,1-4H3,(H,28,30). The smallest absolute Gasteiger partial charge is 0.265 e. The number of hydrogen-bond donors (Lipinski definition) is 2. The van der Waals surface area contributed by atoms with Gasteiger partial charge in [-0.2, -0.15) is 0 Å². The average Bonchev–Trinajstić information content (AvgIpc) is 2.79. The van der Waals surface area contributed by atoms with E-state index in [9.17, 15) is 18.3 Å². The molecule has 0 saturated heterocycles. The largest absolute Gasteiger partial charge is 0.384 e. The van der Waals surface area contributed by atoms with Crippen LogP contribution >= 0.6 is 23.2 Å². The predicted molar refractivity (Wildman–Crippen MR) is 136 cm³/mol. The zero-order chi connectivity index (χ0) is 25.2. The molecule has 2 N–H and O–H groups in total. The van der Waals surface area contributed by atoms with Crippen LogP contribution in [0.1, 0.15) is 33.9 Å². The Labute approximate surface area is 210 Å². The molecule has 1 atom stereocenters. The van der Waals surface area contributed by atoms with Gasteiger partial charge in [-0.3, -0.25) is 9.10 Å². The summed E-state index contributed by atoms with van der Waals surface area (Å²) in [6.07, 6.45) is -1.29. The summed E-state index contributed by atoms with van der Waals surface area (Å²) in [6, 6.07) is 14.6. The summed E-state index contributed by atoms with van der Waals surface area (Å²) in [5.74, 6) is -0.516. The fraction of sp³-hybridized carbons (Fsp3) is 0.240. The second-order valence-electron chi connectivity index (χ2n) is 8.01. The molecule has 3 rings (SSSR count). The topological polar surface area (TPSA) is 86.7 Å². The van der Waals surface area contributed by atoms with Crippen molar-refractivity contribution in [2.45, 2.75) is 31.8 Å². The summed E-state index contributed by atoms with van der Waals surface area (Å²) in [4.78, 5) is 12.5. The van der Waals surface area contributed by atoms with E-state index in [0.29, 0.717) is 21.2 Å². The first-order valence-corrected chi connectivity index (χ1v) is 12.7. The van der Waals surface area contributed by atoms with Crippen LogP contribution in [0, 0.1) is 20.8 Å². The zero-order valence-corrected chi connectivity index (χ0v) is 21.6. The maximum absolute atomic E-state index is 13.9. The maximum atomic E-state index is 13.9. The van der Waals surface area contributed by atoms with Gasteiger partial charge in [0.2, 0.25) is 5.91 Å². The van der Waals surface area contributed by atoms with Gasteiger partial charge in [-0.25, -0.2) is 8.42 Å². The van der Waals surface area contributed by atoms with Gasteiger partial charge in [0.15, 0.2) is 0 Å². The molecule has 180 valence electrons. The lowest BCUT2D eigenvalue weighted by molar-refractivity contribution is -0.119. The molecule has 0 heterocycles. The summed E-state index contributed by atoms with van der Waals surface area (Å²) in [6.45, 7) is 4.94. The van der Waals surface area contributed by atoms with Crippen LogP contribution < -0.4 is 9.62 Å². The number of carbonyl (C=O) groups is 1. The number of aryl methyl sites for hydroxylation is 3. The Bertz CT molecular complexity index is 1340. The van der Waals surface area contributed by atoms with E-state index >= 15 is 0 Å². The van der Waals surface area contributed by atoms with Crippen LogP contribution in [0.2, 0.25) is 10.0 Å². The second kappa shape index (κ2) is 10.4. The lowest BCUT2D eigenvalue weighted by Crippen LogP contribution is -2.40. The molecule has 0 saturated carbocycles. The lowest BCUT2D eigenvalue weighted by Gasteiger charge is -2.28. The van der Waals surface area contributed by atoms with E-state index < -0.39 is 28.6 Å². The number of hydrogen-bond acceptors (Lipinski definition) is 4. The van der Waals surface area contributed by atoms with E-state index in [1.807, 2.05) is 13.8 Å². The van der Waals surface area contributed by atoms with Crippen LogP contribution in [-0.2, 0) is 14.8 Å². The van der Waals surface area contributed by atoms with Gasteiger partial charge in [0.25, 0.3) is 10.0 Å². The molecule has 0 aliphatic heterocycles. The van der Waals surface area contributed by atoms with E-state index in [1.54, 1.807) is 43.3 Å². The number of benzene rings is 3. The third-order valence-corrected chi connectivity index (χ3v) is 8.16. The number of carbonyl (C=O) groups excluding carboxylic acids is 1. The van der Waals surface area contributed by atoms with Crippen molar-refractivity contribution in [3.63, 3.8) is 0 Å². The number of halogens is 2. The monoisotopic (exact) mass is 520 g/mol. The number of anilines is 1. The Morgan fingerprint density at radius 3 is 2.26 bits per heavy atom. The van der Waals surface area contributed by atoms with Crippen LogP contribution in [0.15, 0.2) is 59.5 Å². The second-order valence-corrected chi connectivity index (χ2v) is 10.7. The Hall–Kier alpha value is -2.58. The molecular formula is C25H26Cl2N2O4S. The third-order valence-electron chi connectivity index (χ3n) is 5.68. The minimum atomic E-state index is -4.21.